The highest BCUT2D eigenvalue weighted by atomic mass is 32.1. The molecule has 0 fully saturated rings. The van der Waals surface area contributed by atoms with Gasteiger partial charge in [0.15, 0.2) is 4.96 Å². The van der Waals surface area contributed by atoms with E-state index in [2.05, 4.69) is 33.8 Å². The van der Waals surface area contributed by atoms with Crippen molar-refractivity contribution in [3.63, 3.8) is 0 Å². The van der Waals surface area contributed by atoms with Gasteiger partial charge in [0.2, 0.25) is 5.88 Å². The monoisotopic (exact) mass is 287 g/mol. The van der Waals surface area contributed by atoms with E-state index in [9.17, 15) is 0 Å². The zero-order valence-electron chi connectivity index (χ0n) is 11.6. The largest absolute Gasteiger partial charge is 0.437 e. The average molecular weight is 287 g/mol. The number of fused-ring (bicyclic) bond motifs is 1. The maximum atomic E-state index is 5.94. The van der Waals surface area contributed by atoms with Crippen LogP contribution in [0.1, 0.15) is 18.2 Å². The van der Waals surface area contributed by atoms with Gasteiger partial charge in [-0.1, -0.05) is 19.1 Å². The van der Waals surface area contributed by atoms with Crippen molar-refractivity contribution < 1.29 is 4.74 Å². The lowest BCUT2D eigenvalue weighted by Crippen LogP contribution is -2.08. The Labute approximate surface area is 122 Å². The number of nitrogens with one attached hydrogen (secondary N) is 1. The van der Waals surface area contributed by atoms with Crippen LogP contribution < -0.4 is 10.1 Å². The minimum Gasteiger partial charge on any atom is -0.437 e. The van der Waals surface area contributed by atoms with Gasteiger partial charge < -0.3 is 10.1 Å². The van der Waals surface area contributed by atoms with Crippen LogP contribution in [0.2, 0.25) is 0 Å². The lowest BCUT2D eigenvalue weighted by Gasteiger charge is -2.06. The van der Waals surface area contributed by atoms with Gasteiger partial charge >= 0.3 is 0 Å². The van der Waals surface area contributed by atoms with Gasteiger partial charge in [0, 0.05) is 18.1 Å². The lowest BCUT2D eigenvalue weighted by atomic mass is 10.2. The van der Waals surface area contributed by atoms with Crippen molar-refractivity contribution in [1.82, 2.24) is 14.7 Å². The molecular formula is C15H17N3OS. The Bertz CT molecular complexity index is 700. The van der Waals surface area contributed by atoms with Crippen molar-refractivity contribution in [3.05, 3.63) is 47.1 Å². The summed E-state index contributed by atoms with van der Waals surface area (Å²) in [5.41, 5.74) is 2.35. The average Bonchev–Trinajstić information content (AvgIpc) is 3.03. The zero-order chi connectivity index (χ0) is 13.9. The Balaban J connectivity index is 1.92. The van der Waals surface area contributed by atoms with E-state index in [0.717, 1.165) is 29.4 Å². The number of hydrogen-bond donors (Lipinski definition) is 1. The van der Waals surface area contributed by atoms with Crippen molar-refractivity contribution in [2.45, 2.75) is 19.9 Å². The molecule has 0 saturated carbocycles. The third kappa shape index (κ3) is 2.42. The van der Waals surface area contributed by atoms with Gasteiger partial charge in [-0.15, -0.1) is 11.3 Å². The van der Waals surface area contributed by atoms with Crippen LogP contribution in [0.15, 0.2) is 35.8 Å². The summed E-state index contributed by atoms with van der Waals surface area (Å²) in [5.74, 6) is 1.50. The Morgan fingerprint density at radius 2 is 2.10 bits per heavy atom. The minimum atomic E-state index is 0.676. The van der Waals surface area contributed by atoms with E-state index in [1.54, 1.807) is 11.3 Å². The number of rotatable bonds is 5. The van der Waals surface area contributed by atoms with E-state index in [-0.39, 0.29) is 0 Å². The van der Waals surface area contributed by atoms with Crippen LogP contribution in [-0.4, -0.2) is 16.4 Å². The van der Waals surface area contributed by atoms with Crippen molar-refractivity contribution in [1.29, 1.82) is 0 Å². The SMILES string of the molecule is CCc1ccc(Oc2nc3sccn3c2CNC)cc1. The first-order valence-corrected chi connectivity index (χ1v) is 7.55. The molecule has 0 bridgehead atoms. The predicted molar refractivity (Wildman–Crippen MR) is 81.7 cm³/mol. The summed E-state index contributed by atoms with van der Waals surface area (Å²) in [6, 6.07) is 8.17. The van der Waals surface area contributed by atoms with E-state index in [1.165, 1.54) is 5.56 Å². The first-order chi connectivity index (χ1) is 9.81. The molecule has 0 spiro atoms. The maximum Gasteiger partial charge on any atom is 0.243 e. The Morgan fingerprint density at radius 3 is 2.80 bits per heavy atom. The lowest BCUT2D eigenvalue weighted by molar-refractivity contribution is 0.457. The fraction of sp³-hybridized carbons (Fsp3) is 0.267. The second kappa shape index (κ2) is 5.64. The van der Waals surface area contributed by atoms with Crippen molar-refractivity contribution >= 4 is 16.3 Å². The summed E-state index contributed by atoms with van der Waals surface area (Å²) < 4.78 is 8.01. The summed E-state index contributed by atoms with van der Waals surface area (Å²) in [6.45, 7) is 2.87. The molecule has 104 valence electrons. The molecule has 4 nitrogen and oxygen atoms in total. The topological polar surface area (TPSA) is 38.6 Å². The normalized spacial score (nSPS) is 11.1. The Hall–Kier alpha value is -1.85. The highest BCUT2D eigenvalue weighted by Gasteiger charge is 2.14. The van der Waals surface area contributed by atoms with Crippen LogP contribution in [-0.2, 0) is 13.0 Å². The third-order valence-corrected chi connectivity index (χ3v) is 3.97. The summed E-state index contributed by atoms with van der Waals surface area (Å²) in [7, 11) is 1.92. The maximum absolute atomic E-state index is 5.94. The van der Waals surface area contributed by atoms with E-state index in [0.29, 0.717) is 5.88 Å². The third-order valence-electron chi connectivity index (χ3n) is 3.21. The fourth-order valence-electron chi connectivity index (χ4n) is 2.13. The zero-order valence-corrected chi connectivity index (χ0v) is 12.4. The highest BCUT2D eigenvalue weighted by Crippen LogP contribution is 2.28. The first-order valence-electron chi connectivity index (χ1n) is 6.67. The number of aryl methyl sites for hydroxylation is 1. The van der Waals surface area contributed by atoms with Gasteiger partial charge in [-0.05, 0) is 31.2 Å². The van der Waals surface area contributed by atoms with Crippen LogP contribution in [0, 0.1) is 0 Å². The van der Waals surface area contributed by atoms with Gasteiger partial charge in [0.05, 0.1) is 0 Å². The summed E-state index contributed by atoms with van der Waals surface area (Å²) in [5, 5.41) is 5.19. The quantitative estimate of drug-likeness (QED) is 0.781. The molecule has 0 atom stereocenters. The summed E-state index contributed by atoms with van der Waals surface area (Å²) in [4.78, 5) is 5.50. The van der Waals surface area contributed by atoms with Gasteiger partial charge in [-0.25, -0.2) is 0 Å². The number of thiazole rings is 1. The standard InChI is InChI=1S/C15H17N3OS/c1-3-11-4-6-12(7-5-11)19-14-13(10-16-2)18-8-9-20-15(18)17-14/h4-9,16H,3,10H2,1-2H3. The number of hydrogen-bond acceptors (Lipinski definition) is 4. The highest BCUT2D eigenvalue weighted by molar-refractivity contribution is 7.15. The van der Waals surface area contributed by atoms with Crippen LogP contribution in [0.3, 0.4) is 0 Å². The number of benzene rings is 1. The molecular weight excluding hydrogens is 270 g/mol. The molecule has 0 aliphatic carbocycles. The van der Waals surface area contributed by atoms with E-state index >= 15 is 0 Å². The van der Waals surface area contributed by atoms with Gasteiger partial charge in [-0.3, -0.25) is 4.40 Å². The molecule has 5 heteroatoms. The Morgan fingerprint density at radius 1 is 1.30 bits per heavy atom. The predicted octanol–water partition coefficient (Wildman–Crippen LogP) is 3.47. The molecule has 0 aliphatic heterocycles. The number of imidazole rings is 1. The molecule has 1 N–H and O–H groups in total. The molecule has 0 saturated heterocycles. The molecule has 3 aromatic rings. The van der Waals surface area contributed by atoms with E-state index in [4.69, 9.17) is 4.74 Å². The van der Waals surface area contributed by atoms with E-state index < -0.39 is 0 Å². The summed E-state index contributed by atoms with van der Waals surface area (Å²) >= 11 is 1.61. The molecule has 1 aromatic carbocycles. The van der Waals surface area contributed by atoms with Crippen LogP contribution in [0.5, 0.6) is 11.6 Å². The molecule has 2 aromatic heterocycles. The molecule has 2 heterocycles. The van der Waals surface area contributed by atoms with Gasteiger partial charge in [0.25, 0.3) is 0 Å². The van der Waals surface area contributed by atoms with Crippen LogP contribution >= 0.6 is 11.3 Å². The molecule has 0 unspecified atom stereocenters. The molecule has 0 amide bonds. The number of aromatic nitrogens is 2. The van der Waals surface area contributed by atoms with E-state index in [1.807, 2.05) is 30.8 Å². The fourth-order valence-corrected chi connectivity index (χ4v) is 2.85. The Kier molecular flexibility index (Phi) is 3.71. The number of nitrogens with zero attached hydrogens (tertiary/aromatic N) is 2. The van der Waals surface area contributed by atoms with Crippen molar-refractivity contribution in [3.8, 4) is 11.6 Å². The second-order valence-corrected chi connectivity index (χ2v) is 5.42. The molecule has 0 aliphatic rings. The first kappa shape index (κ1) is 13.1. The van der Waals surface area contributed by atoms with Crippen LogP contribution in [0.25, 0.3) is 4.96 Å². The van der Waals surface area contributed by atoms with Crippen molar-refractivity contribution in [2.75, 3.05) is 7.05 Å². The molecule has 20 heavy (non-hydrogen) atoms. The molecule has 0 radical (unpaired) electrons. The second-order valence-electron chi connectivity index (χ2n) is 4.55. The van der Waals surface area contributed by atoms with Gasteiger partial charge in [-0.2, -0.15) is 4.98 Å². The smallest absolute Gasteiger partial charge is 0.243 e. The van der Waals surface area contributed by atoms with Gasteiger partial charge in [0.1, 0.15) is 11.4 Å². The molecule has 3 rings (SSSR count). The summed E-state index contributed by atoms with van der Waals surface area (Å²) in [6.07, 6.45) is 3.05. The minimum absolute atomic E-state index is 0.676. The number of ether oxygens (including phenoxy) is 1. The van der Waals surface area contributed by atoms with Crippen LogP contribution in [0.4, 0.5) is 0 Å². The van der Waals surface area contributed by atoms with Crippen molar-refractivity contribution in [2.24, 2.45) is 0 Å².